The monoisotopic (exact) mass is 266 g/mol. The highest BCUT2D eigenvalue weighted by Crippen LogP contribution is 2.44. The van der Waals surface area contributed by atoms with E-state index in [1.165, 1.54) is 32.1 Å². The van der Waals surface area contributed by atoms with Crippen molar-refractivity contribution < 1.29 is 9.84 Å². The summed E-state index contributed by atoms with van der Waals surface area (Å²) in [5, 5.41) is 12.6. The van der Waals surface area contributed by atoms with Gasteiger partial charge in [-0.3, -0.25) is 0 Å². The largest absolute Gasteiger partial charge is 0.387 e. The van der Waals surface area contributed by atoms with Gasteiger partial charge >= 0.3 is 0 Å². The molecule has 0 amide bonds. The number of aliphatic hydroxyl groups excluding tert-OH is 1. The Morgan fingerprint density at radius 2 is 2.17 bits per heavy atom. The van der Waals surface area contributed by atoms with Gasteiger partial charge in [0.05, 0.1) is 11.7 Å². The van der Waals surface area contributed by atoms with Crippen molar-refractivity contribution in [1.82, 2.24) is 0 Å². The molecule has 1 aromatic heterocycles. The van der Waals surface area contributed by atoms with E-state index in [2.05, 4.69) is 6.07 Å². The van der Waals surface area contributed by atoms with E-state index in [1.807, 2.05) is 11.4 Å². The van der Waals surface area contributed by atoms with Crippen LogP contribution in [0.5, 0.6) is 0 Å². The summed E-state index contributed by atoms with van der Waals surface area (Å²) in [6.45, 7) is 0.826. The van der Waals surface area contributed by atoms with Gasteiger partial charge in [0.25, 0.3) is 0 Å². The van der Waals surface area contributed by atoms with Crippen LogP contribution in [0, 0.1) is 5.92 Å². The zero-order chi connectivity index (χ0) is 12.4. The fourth-order valence-corrected chi connectivity index (χ4v) is 4.37. The van der Waals surface area contributed by atoms with Crippen LogP contribution < -0.4 is 0 Å². The van der Waals surface area contributed by atoms with Gasteiger partial charge in [-0.15, -0.1) is 11.3 Å². The Hall–Kier alpha value is -0.380. The number of rotatable bonds is 2. The van der Waals surface area contributed by atoms with E-state index in [-0.39, 0.29) is 11.7 Å². The number of ether oxygens (including phenoxy) is 1. The zero-order valence-corrected chi connectivity index (χ0v) is 11.6. The molecular formula is C15H22O2S. The first-order valence-electron chi connectivity index (χ1n) is 7.15. The Kier molecular flexibility index (Phi) is 3.73. The van der Waals surface area contributed by atoms with Crippen LogP contribution in [0.15, 0.2) is 17.5 Å². The molecule has 3 rings (SSSR count). The van der Waals surface area contributed by atoms with Gasteiger partial charge in [-0.25, -0.2) is 0 Å². The Morgan fingerprint density at radius 1 is 1.33 bits per heavy atom. The fourth-order valence-electron chi connectivity index (χ4n) is 3.57. The van der Waals surface area contributed by atoms with E-state index in [1.54, 1.807) is 11.3 Å². The summed E-state index contributed by atoms with van der Waals surface area (Å²) in [6, 6.07) is 4.08. The minimum atomic E-state index is -0.285. The number of hydrogen-bond acceptors (Lipinski definition) is 3. The van der Waals surface area contributed by atoms with E-state index in [0.29, 0.717) is 5.92 Å². The third-order valence-electron chi connectivity index (χ3n) is 4.58. The Labute approximate surface area is 113 Å². The molecule has 1 saturated carbocycles. The topological polar surface area (TPSA) is 29.5 Å². The lowest BCUT2D eigenvalue weighted by atomic mass is 9.74. The molecule has 1 aromatic rings. The molecule has 0 aromatic carbocycles. The van der Waals surface area contributed by atoms with Gasteiger partial charge in [0.15, 0.2) is 0 Å². The first-order valence-corrected chi connectivity index (χ1v) is 8.02. The van der Waals surface area contributed by atoms with Crippen LogP contribution in [0.4, 0.5) is 0 Å². The molecule has 2 fully saturated rings. The van der Waals surface area contributed by atoms with Gasteiger partial charge < -0.3 is 9.84 Å². The summed E-state index contributed by atoms with van der Waals surface area (Å²) < 4.78 is 6.10. The maximum absolute atomic E-state index is 10.5. The molecule has 2 unspecified atom stereocenters. The average molecular weight is 266 g/mol. The van der Waals surface area contributed by atoms with Crippen LogP contribution in [-0.4, -0.2) is 17.3 Å². The molecule has 0 radical (unpaired) electrons. The SMILES string of the molecule is OC(c1cccs1)C1CCOC2(CCCCC2)C1. The Balaban J connectivity index is 1.70. The van der Waals surface area contributed by atoms with Crippen LogP contribution in [0.25, 0.3) is 0 Å². The normalized spacial score (nSPS) is 29.3. The molecule has 3 heteroatoms. The molecule has 2 atom stereocenters. The molecule has 1 aliphatic heterocycles. The molecular weight excluding hydrogens is 244 g/mol. The summed E-state index contributed by atoms with van der Waals surface area (Å²) in [5.41, 5.74) is 0.0966. The van der Waals surface area contributed by atoms with E-state index in [0.717, 1.165) is 24.3 Å². The van der Waals surface area contributed by atoms with Gasteiger partial charge in [-0.05, 0) is 43.0 Å². The van der Waals surface area contributed by atoms with Gasteiger partial charge in [-0.2, -0.15) is 0 Å². The Bertz CT molecular complexity index is 362. The predicted octanol–water partition coefficient (Wildman–Crippen LogP) is 3.91. The molecule has 2 aliphatic rings. The highest BCUT2D eigenvalue weighted by molar-refractivity contribution is 7.10. The summed E-state index contributed by atoms with van der Waals surface area (Å²) in [6.07, 6.45) is 8.09. The van der Waals surface area contributed by atoms with Crippen molar-refractivity contribution in [3.8, 4) is 0 Å². The van der Waals surface area contributed by atoms with Crippen LogP contribution in [0.1, 0.15) is 55.9 Å². The minimum Gasteiger partial charge on any atom is -0.387 e. The van der Waals surface area contributed by atoms with E-state index >= 15 is 0 Å². The lowest BCUT2D eigenvalue weighted by molar-refractivity contribution is -0.133. The summed E-state index contributed by atoms with van der Waals surface area (Å²) in [7, 11) is 0. The standard InChI is InChI=1S/C15H22O2S/c16-14(13-5-4-10-18-13)12-6-9-17-15(11-12)7-2-1-3-8-15/h4-5,10,12,14,16H,1-3,6-9,11H2. The van der Waals surface area contributed by atoms with Crippen molar-refractivity contribution in [1.29, 1.82) is 0 Å². The smallest absolute Gasteiger partial charge is 0.0911 e. The molecule has 1 N–H and O–H groups in total. The fraction of sp³-hybridized carbons (Fsp3) is 0.733. The molecule has 18 heavy (non-hydrogen) atoms. The second-order valence-corrected chi connectivity index (χ2v) is 6.78. The van der Waals surface area contributed by atoms with E-state index < -0.39 is 0 Å². The first-order chi connectivity index (χ1) is 8.79. The molecule has 2 heterocycles. The second kappa shape index (κ2) is 5.32. The second-order valence-electron chi connectivity index (χ2n) is 5.81. The lowest BCUT2D eigenvalue weighted by Crippen LogP contribution is -2.42. The third-order valence-corrected chi connectivity index (χ3v) is 5.52. The maximum Gasteiger partial charge on any atom is 0.0911 e. The molecule has 1 saturated heterocycles. The number of aliphatic hydroxyl groups is 1. The highest BCUT2D eigenvalue weighted by Gasteiger charge is 2.40. The molecule has 0 bridgehead atoms. The van der Waals surface area contributed by atoms with Crippen molar-refractivity contribution in [2.24, 2.45) is 5.92 Å². The van der Waals surface area contributed by atoms with Crippen molar-refractivity contribution in [3.05, 3.63) is 22.4 Å². The van der Waals surface area contributed by atoms with Crippen LogP contribution >= 0.6 is 11.3 Å². The zero-order valence-electron chi connectivity index (χ0n) is 10.8. The molecule has 2 nitrogen and oxygen atoms in total. The molecule has 1 spiro atoms. The third kappa shape index (κ3) is 2.49. The van der Waals surface area contributed by atoms with Crippen molar-refractivity contribution >= 4 is 11.3 Å². The maximum atomic E-state index is 10.5. The first kappa shape index (κ1) is 12.6. The van der Waals surface area contributed by atoms with Crippen molar-refractivity contribution in [2.45, 2.75) is 56.7 Å². The molecule has 1 aliphatic carbocycles. The van der Waals surface area contributed by atoms with Gasteiger partial charge in [0, 0.05) is 11.5 Å². The predicted molar refractivity (Wildman–Crippen MR) is 73.8 cm³/mol. The average Bonchev–Trinajstić information content (AvgIpc) is 2.93. The molecule has 100 valence electrons. The van der Waals surface area contributed by atoms with Crippen molar-refractivity contribution in [2.75, 3.05) is 6.61 Å². The van der Waals surface area contributed by atoms with E-state index in [4.69, 9.17) is 4.74 Å². The number of hydrogen-bond donors (Lipinski definition) is 1. The van der Waals surface area contributed by atoms with Crippen LogP contribution in [0.2, 0.25) is 0 Å². The summed E-state index contributed by atoms with van der Waals surface area (Å²) in [4.78, 5) is 1.12. The summed E-state index contributed by atoms with van der Waals surface area (Å²) in [5.74, 6) is 0.385. The Morgan fingerprint density at radius 3 is 2.89 bits per heavy atom. The number of thiophene rings is 1. The van der Waals surface area contributed by atoms with E-state index in [9.17, 15) is 5.11 Å². The van der Waals surface area contributed by atoms with Crippen LogP contribution in [0.3, 0.4) is 0 Å². The highest BCUT2D eigenvalue weighted by atomic mass is 32.1. The van der Waals surface area contributed by atoms with Crippen LogP contribution in [-0.2, 0) is 4.74 Å². The van der Waals surface area contributed by atoms with Gasteiger partial charge in [-0.1, -0.05) is 25.3 Å². The quantitative estimate of drug-likeness (QED) is 0.879. The van der Waals surface area contributed by atoms with Gasteiger partial charge in [0.1, 0.15) is 0 Å². The van der Waals surface area contributed by atoms with Crippen molar-refractivity contribution in [3.63, 3.8) is 0 Å². The lowest BCUT2D eigenvalue weighted by Gasteiger charge is -2.44. The minimum absolute atomic E-state index is 0.0966. The summed E-state index contributed by atoms with van der Waals surface area (Å²) >= 11 is 1.67. The van der Waals surface area contributed by atoms with Gasteiger partial charge in [0.2, 0.25) is 0 Å².